The van der Waals surface area contributed by atoms with Crippen molar-refractivity contribution < 1.29 is 43.5 Å². The molecule has 0 radical (unpaired) electrons. The molecule has 2 N–H and O–H groups in total. The second-order valence-corrected chi connectivity index (χ2v) is 12.8. The summed E-state index contributed by atoms with van der Waals surface area (Å²) in [6, 6.07) is 26.6. The molecule has 0 aliphatic carbocycles. The smallest absolute Gasteiger partial charge is 0.508 e. The van der Waals surface area contributed by atoms with Gasteiger partial charge in [-0.15, -0.1) is 5.06 Å². The number of aliphatic hydroxyl groups excluding tert-OH is 1. The molecule has 3 unspecified atom stereocenters. The Bertz CT molecular complexity index is 1640. The molecule has 4 aromatic carbocycles. The molecule has 1 fully saturated rings. The first-order chi connectivity index (χ1) is 23.1. The summed E-state index contributed by atoms with van der Waals surface area (Å²) >= 11 is 0. The van der Waals surface area contributed by atoms with Crippen LogP contribution in [-0.2, 0) is 32.3 Å². The summed E-state index contributed by atoms with van der Waals surface area (Å²) in [6.45, 7) is 7.35. The number of para-hydroxylation sites is 1. The molecule has 256 valence electrons. The van der Waals surface area contributed by atoms with E-state index in [9.17, 15) is 15.0 Å². The molecule has 5 rings (SSSR count). The van der Waals surface area contributed by atoms with Crippen LogP contribution in [0.15, 0.2) is 84.9 Å². The third-order valence-electron chi connectivity index (χ3n) is 7.95. The SMILES string of the molecule is COc1ccccc1COCCCOc1ccc(C2C(O)CN(OC(=O)OC(C)(C)C)CC2OCc2ccc3ccc(O)cc3c2)cc1. The number of hydroxylamine groups is 2. The Balaban J connectivity index is 1.20. The van der Waals surface area contributed by atoms with E-state index in [0.717, 1.165) is 39.6 Å². The standard InChI is InChI=1S/C38H45NO9/c1-38(2,3)47-37(42)48-39-22-33(41)36(35(23-39)46-24-26-10-11-27-12-15-31(40)21-30(27)20-26)28-13-16-32(17-14-28)45-19-7-18-44-25-29-8-5-6-9-34(29)43-4/h5-6,8-17,20-21,33,35-36,40-41H,7,18-19,22-25H2,1-4H3. The summed E-state index contributed by atoms with van der Waals surface area (Å²) in [6.07, 6.45) is -1.54. The van der Waals surface area contributed by atoms with Gasteiger partial charge in [0.25, 0.3) is 0 Å². The van der Waals surface area contributed by atoms with Crippen LogP contribution in [0.1, 0.15) is 49.8 Å². The maximum absolute atomic E-state index is 12.4. The van der Waals surface area contributed by atoms with E-state index in [-0.39, 0.29) is 25.4 Å². The van der Waals surface area contributed by atoms with Crippen LogP contribution in [0.2, 0.25) is 0 Å². The lowest BCUT2D eigenvalue weighted by Crippen LogP contribution is -2.52. The minimum absolute atomic E-state index is 0.0894. The predicted octanol–water partition coefficient (Wildman–Crippen LogP) is 6.75. The van der Waals surface area contributed by atoms with Gasteiger partial charge >= 0.3 is 6.16 Å². The van der Waals surface area contributed by atoms with Crippen LogP contribution in [0.5, 0.6) is 17.2 Å². The van der Waals surface area contributed by atoms with Gasteiger partial charge in [-0.05, 0) is 79.1 Å². The van der Waals surface area contributed by atoms with E-state index < -0.39 is 29.9 Å². The lowest BCUT2D eigenvalue weighted by atomic mass is 9.85. The van der Waals surface area contributed by atoms with E-state index in [4.69, 9.17) is 28.5 Å². The number of phenolic OH excluding ortho intramolecular Hbond substituents is 1. The Labute approximate surface area is 281 Å². The molecule has 3 atom stereocenters. The number of hydrogen-bond acceptors (Lipinski definition) is 10. The lowest BCUT2D eigenvalue weighted by Gasteiger charge is -2.40. The molecule has 1 aliphatic rings. The van der Waals surface area contributed by atoms with Gasteiger partial charge in [0.2, 0.25) is 0 Å². The summed E-state index contributed by atoms with van der Waals surface area (Å²) in [7, 11) is 1.65. The molecular weight excluding hydrogens is 614 g/mol. The van der Waals surface area contributed by atoms with Crippen LogP contribution in [-0.4, -0.2) is 72.7 Å². The number of fused-ring (bicyclic) bond motifs is 1. The number of piperidine rings is 1. The highest BCUT2D eigenvalue weighted by Crippen LogP contribution is 2.33. The van der Waals surface area contributed by atoms with Gasteiger partial charge < -0.3 is 38.7 Å². The number of phenols is 1. The number of methoxy groups -OCH3 is 1. The monoisotopic (exact) mass is 659 g/mol. The zero-order valence-corrected chi connectivity index (χ0v) is 28.0. The number of rotatable bonds is 13. The Morgan fingerprint density at radius 1 is 0.896 bits per heavy atom. The van der Waals surface area contributed by atoms with Crippen molar-refractivity contribution in [1.82, 2.24) is 5.06 Å². The fourth-order valence-electron chi connectivity index (χ4n) is 5.72. The Morgan fingerprint density at radius 2 is 1.67 bits per heavy atom. The highest BCUT2D eigenvalue weighted by Gasteiger charge is 2.40. The molecule has 10 nitrogen and oxygen atoms in total. The fraction of sp³-hybridized carbons (Fsp3) is 0.395. The fourth-order valence-corrected chi connectivity index (χ4v) is 5.72. The van der Waals surface area contributed by atoms with E-state index in [2.05, 4.69) is 0 Å². The van der Waals surface area contributed by atoms with Gasteiger partial charge in [0, 0.05) is 17.9 Å². The molecule has 1 saturated heterocycles. The van der Waals surface area contributed by atoms with Crippen molar-refractivity contribution in [2.75, 3.05) is 33.4 Å². The van der Waals surface area contributed by atoms with Crippen molar-refractivity contribution in [2.24, 2.45) is 0 Å². The predicted molar refractivity (Wildman–Crippen MR) is 181 cm³/mol. The summed E-state index contributed by atoms with van der Waals surface area (Å²) in [5.74, 6) is 1.31. The van der Waals surface area contributed by atoms with E-state index in [0.29, 0.717) is 25.6 Å². The lowest BCUT2D eigenvalue weighted by molar-refractivity contribution is -0.201. The second-order valence-electron chi connectivity index (χ2n) is 12.8. The number of β-amino-alcohol motifs (C(OH)–C–C–N with tert-alkyl or cyclic N) is 1. The van der Waals surface area contributed by atoms with E-state index in [1.54, 1.807) is 40.0 Å². The zero-order chi connectivity index (χ0) is 34.1. The zero-order valence-electron chi connectivity index (χ0n) is 28.0. The van der Waals surface area contributed by atoms with Crippen molar-refractivity contribution >= 4 is 16.9 Å². The van der Waals surface area contributed by atoms with Crippen LogP contribution >= 0.6 is 0 Å². The minimum atomic E-state index is -0.896. The molecule has 1 aliphatic heterocycles. The highest BCUT2D eigenvalue weighted by atomic mass is 16.8. The van der Waals surface area contributed by atoms with Gasteiger partial charge in [-0.25, -0.2) is 4.79 Å². The van der Waals surface area contributed by atoms with Crippen LogP contribution in [0, 0.1) is 0 Å². The summed E-state index contributed by atoms with van der Waals surface area (Å²) < 4.78 is 28.9. The Hall–Kier alpha value is -4.35. The number of nitrogens with zero attached hydrogens (tertiary/aromatic N) is 1. The molecule has 0 amide bonds. The van der Waals surface area contributed by atoms with Crippen molar-refractivity contribution in [2.45, 2.75) is 64.1 Å². The first-order valence-corrected chi connectivity index (χ1v) is 16.2. The molecular formula is C38H45NO9. The van der Waals surface area contributed by atoms with Crippen LogP contribution in [0.4, 0.5) is 4.79 Å². The van der Waals surface area contributed by atoms with Gasteiger partial charge in [0.1, 0.15) is 22.8 Å². The van der Waals surface area contributed by atoms with Gasteiger partial charge in [0.05, 0.1) is 58.8 Å². The van der Waals surface area contributed by atoms with E-state index >= 15 is 0 Å². The third-order valence-corrected chi connectivity index (χ3v) is 7.95. The maximum atomic E-state index is 12.4. The summed E-state index contributed by atoms with van der Waals surface area (Å²) in [5.41, 5.74) is 2.06. The van der Waals surface area contributed by atoms with Crippen LogP contribution in [0.25, 0.3) is 10.8 Å². The van der Waals surface area contributed by atoms with Crippen molar-refractivity contribution in [3.63, 3.8) is 0 Å². The average molecular weight is 660 g/mol. The number of carbonyl (C=O) groups excluding carboxylic acids is 1. The largest absolute Gasteiger partial charge is 0.528 e. The molecule has 10 heteroatoms. The topological polar surface area (TPSA) is 116 Å². The Kier molecular flexibility index (Phi) is 11.8. The number of benzene rings is 4. The number of aliphatic hydroxyl groups is 1. The molecule has 0 spiro atoms. The van der Waals surface area contributed by atoms with Crippen molar-refractivity contribution in [3.05, 3.63) is 102 Å². The van der Waals surface area contributed by atoms with Gasteiger partial charge in [0.15, 0.2) is 0 Å². The number of aromatic hydroxyl groups is 1. The molecule has 1 heterocycles. The number of hydrogen-bond donors (Lipinski definition) is 2. The van der Waals surface area contributed by atoms with Gasteiger partial charge in [-0.2, -0.15) is 0 Å². The highest BCUT2D eigenvalue weighted by molar-refractivity contribution is 5.84. The minimum Gasteiger partial charge on any atom is -0.508 e. The number of carbonyl (C=O) groups is 1. The average Bonchev–Trinajstić information content (AvgIpc) is 3.04. The molecule has 0 bridgehead atoms. The summed E-state index contributed by atoms with van der Waals surface area (Å²) in [4.78, 5) is 17.9. The maximum Gasteiger partial charge on any atom is 0.528 e. The molecule has 0 aromatic heterocycles. The third kappa shape index (κ3) is 9.84. The normalized spacial score (nSPS) is 18.4. The number of ether oxygens (including phenoxy) is 5. The first kappa shape index (κ1) is 35.0. The Morgan fingerprint density at radius 3 is 2.44 bits per heavy atom. The van der Waals surface area contributed by atoms with Crippen molar-refractivity contribution in [3.8, 4) is 17.2 Å². The van der Waals surface area contributed by atoms with Gasteiger partial charge in [-0.1, -0.05) is 48.5 Å². The molecule has 0 saturated carbocycles. The first-order valence-electron chi connectivity index (χ1n) is 16.2. The van der Waals surface area contributed by atoms with Crippen LogP contribution in [0.3, 0.4) is 0 Å². The van der Waals surface area contributed by atoms with Gasteiger partial charge in [-0.3, -0.25) is 0 Å². The van der Waals surface area contributed by atoms with Crippen LogP contribution < -0.4 is 9.47 Å². The van der Waals surface area contributed by atoms with Crippen molar-refractivity contribution in [1.29, 1.82) is 0 Å². The molecule has 48 heavy (non-hydrogen) atoms. The quantitative estimate of drug-likeness (QED) is 0.118. The van der Waals surface area contributed by atoms with E-state index in [1.165, 1.54) is 5.06 Å². The molecule has 4 aromatic rings. The second kappa shape index (κ2) is 16.2. The van der Waals surface area contributed by atoms with E-state index in [1.807, 2.05) is 72.8 Å². The summed E-state index contributed by atoms with van der Waals surface area (Å²) in [5, 5.41) is 24.6.